The van der Waals surface area contributed by atoms with Crippen LogP contribution in [0.2, 0.25) is 0 Å². The van der Waals surface area contributed by atoms with Crippen LogP contribution in [0, 0.1) is 17.5 Å². The Kier molecular flexibility index (Phi) is 5.15. The fraction of sp³-hybridized carbons (Fsp3) is 0.150. The predicted molar refractivity (Wildman–Crippen MR) is 97.0 cm³/mol. The summed E-state index contributed by atoms with van der Waals surface area (Å²) in [5.74, 6) is -3.89. The molecule has 0 aliphatic rings. The zero-order valence-electron chi connectivity index (χ0n) is 15.0. The fourth-order valence-corrected chi connectivity index (χ4v) is 2.53. The van der Waals surface area contributed by atoms with Gasteiger partial charge in [-0.2, -0.15) is 0 Å². The van der Waals surface area contributed by atoms with Gasteiger partial charge in [0.15, 0.2) is 0 Å². The van der Waals surface area contributed by atoms with Crippen LogP contribution in [0.4, 0.5) is 18.9 Å². The molecule has 0 aliphatic carbocycles. The third kappa shape index (κ3) is 4.01. The van der Waals surface area contributed by atoms with Crippen LogP contribution in [-0.2, 0) is 5.60 Å². The SMILES string of the molecule is CC(C)(O)c1cc(F)c(-c2nc(C(=O)Nc3cccnc3)ccc2F)c(F)c1. The number of hydrogen-bond donors (Lipinski definition) is 2. The van der Waals surface area contributed by atoms with E-state index in [4.69, 9.17) is 0 Å². The van der Waals surface area contributed by atoms with Crippen LogP contribution in [0.1, 0.15) is 29.9 Å². The number of rotatable bonds is 4. The summed E-state index contributed by atoms with van der Waals surface area (Å²) >= 11 is 0. The Bertz CT molecular complexity index is 1010. The van der Waals surface area contributed by atoms with Crippen molar-refractivity contribution < 1.29 is 23.1 Å². The second kappa shape index (κ2) is 7.40. The molecule has 0 saturated heterocycles. The molecule has 3 rings (SSSR count). The fourth-order valence-electron chi connectivity index (χ4n) is 2.53. The third-order valence-corrected chi connectivity index (χ3v) is 3.98. The zero-order valence-corrected chi connectivity index (χ0v) is 15.0. The molecule has 0 fully saturated rings. The van der Waals surface area contributed by atoms with Crippen molar-refractivity contribution in [1.82, 2.24) is 9.97 Å². The molecule has 28 heavy (non-hydrogen) atoms. The summed E-state index contributed by atoms with van der Waals surface area (Å²) in [6.07, 6.45) is 2.92. The van der Waals surface area contributed by atoms with E-state index in [1.807, 2.05) is 0 Å². The molecule has 0 radical (unpaired) electrons. The van der Waals surface area contributed by atoms with E-state index < -0.39 is 40.2 Å². The van der Waals surface area contributed by atoms with Crippen LogP contribution in [0.25, 0.3) is 11.3 Å². The first kappa shape index (κ1) is 19.5. The molecular formula is C20H16F3N3O2. The summed E-state index contributed by atoms with van der Waals surface area (Å²) in [7, 11) is 0. The molecule has 8 heteroatoms. The summed E-state index contributed by atoms with van der Waals surface area (Å²) in [5.41, 5.74) is -2.72. The highest BCUT2D eigenvalue weighted by Crippen LogP contribution is 2.31. The molecule has 1 amide bonds. The molecule has 5 nitrogen and oxygen atoms in total. The Morgan fingerprint density at radius 1 is 1.07 bits per heavy atom. The molecule has 0 saturated carbocycles. The number of halogens is 3. The van der Waals surface area contributed by atoms with E-state index in [1.54, 1.807) is 12.1 Å². The van der Waals surface area contributed by atoms with Crippen LogP contribution in [0.5, 0.6) is 0 Å². The summed E-state index contributed by atoms with van der Waals surface area (Å²) in [4.78, 5) is 20.0. The number of aromatic nitrogens is 2. The Hall–Kier alpha value is -3.26. The molecule has 2 heterocycles. The molecule has 0 aliphatic heterocycles. The number of pyridine rings is 2. The Balaban J connectivity index is 2.02. The van der Waals surface area contributed by atoms with Crippen molar-refractivity contribution in [3.05, 3.63) is 77.5 Å². The lowest BCUT2D eigenvalue weighted by Gasteiger charge is -2.19. The van der Waals surface area contributed by atoms with Gasteiger partial charge in [-0.05, 0) is 55.8 Å². The van der Waals surface area contributed by atoms with Gasteiger partial charge in [0.1, 0.15) is 28.8 Å². The second-order valence-electron chi connectivity index (χ2n) is 6.60. The Labute approximate surface area is 158 Å². The van der Waals surface area contributed by atoms with Crippen molar-refractivity contribution in [3.8, 4) is 11.3 Å². The number of amides is 1. The highest BCUT2D eigenvalue weighted by atomic mass is 19.1. The van der Waals surface area contributed by atoms with Gasteiger partial charge in [-0.15, -0.1) is 0 Å². The molecule has 0 atom stereocenters. The van der Waals surface area contributed by atoms with Crippen molar-refractivity contribution in [2.45, 2.75) is 19.4 Å². The lowest BCUT2D eigenvalue weighted by atomic mass is 9.95. The van der Waals surface area contributed by atoms with Crippen LogP contribution in [0.15, 0.2) is 48.8 Å². The number of benzene rings is 1. The van der Waals surface area contributed by atoms with Gasteiger partial charge in [0, 0.05) is 6.20 Å². The maximum atomic E-state index is 14.5. The molecular weight excluding hydrogens is 371 g/mol. The van der Waals surface area contributed by atoms with Crippen molar-refractivity contribution in [1.29, 1.82) is 0 Å². The van der Waals surface area contributed by atoms with E-state index in [1.165, 1.54) is 26.2 Å². The third-order valence-electron chi connectivity index (χ3n) is 3.98. The van der Waals surface area contributed by atoms with Crippen LogP contribution < -0.4 is 5.32 Å². The zero-order chi connectivity index (χ0) is 20.5. The van der Waals surface area contributed by atoms with E-state index in [9.17, 15) is 23.1 Å². The molecule has 3 aromatic rings. The number of carbonyl (C=O) groups is 1. The first-order valence-corrected chi connectivity index (χ1v) is 8.27. The number of anilines is 1. The Morgan fingerprint density at radius 2 is 1.75 bits per heavy atom. The van der Waals surface area contributed by atoms with Crippen molar-refractivity contribution in [2.24, 2.45) is 0 Å². The maximum absolute atomic E-state index is 14.5. The number of carbonyl (C=O) groups excluding carboxylic acids is 1. The van der Waals surface area contributed by atoms with Gasteiger partial charge < -0.3 is 10.4 Å². The molecule has 0 unspecified atom stereocenters. The molecule has 0 spiro atoms. The van der Waals surface area contributed by atoms with Crippen LogP contribution >= 0.6 is 0 Å². The minimum atomic E-state index is -1.49. The van der Waals surface area contributed by atoms with E-state index in [0.29, 0.717) is 5.69 Å². The molecule has 2 N–H and O–H groups in total. The first-order chi connectivity index (χ1) is 13.2. The van der Waals surface area contributed by atoms with E-state index in [0.717, 1.165) is 24.3 Å². The van der Waals surface area contributed by atoms with Gasteiger partial charge in [-0.25, -0.2) is 18.2 Å². The van der Waals surface area contributed by atoms with Gasteiger partial charge in [-0.3, -0.25) is 9.78 Å². The van der Waals surface area contributed by atoms with Gasteiger partial charge in [0.2, 0.25) is 0 Å². The van der Waals surface area contributed by atoms with Crippen molar-refractivity contribution in [3.63, 3.8) is 0 Å². The summed E-state index contributed by atoms with van der Waals surface area (Å²) in [6.45, 7) is 2.73. The number of nitrogens with zero attached hydrogens (tertiary/aromatic N) is 2. The largest absolute Gasteiger partial charge is 0.386 e. The second-order valence-corrected chi connectivity index (χ2v) is 6.60. The highest BCUT2D eigenvalue weighted by molar-refractivity contribution is 6.03. The van der Waals surface area contributed by atoms with Gasteiger partial charge in [0.25, 0.3) is 5.91 Å². The van der Waals surface area contributed by atoms with E-state index in [-0.39, 0.29) is 11.3 Å². The van der Waals surface area contributed by atoms with E-state index >= 15 is 0 Å². The number of nitrogens with one attached hydrogen (secondary N) is 1. The predicted octanol–water partition coefficient (Wildman–Crippen LogP) is 4.04. The average molecular weight is 387 g/mol. The molecule has 1 aromatic carbocycles. The standard InChI is InChI=1S/C20H16F3N3O2/c1-20(2,28)11-8-14(22)17(15(23)9-11)18-13(21)5-6-16(26-18)19(27)25-12-4-3-7-24-10-12/h3-10,28H,1-2H3,(H,25,27). The average Bonchev–Trinajstić information content (AvgIpc) is 2.62. The number of aliphatic hydroxyl groups is 1. The molecule has 0 bridgehead atoms. The van der Waals surface area contributed by atoms with Crippen LogP contribution in [0.3, 0.4) is 0 Å². The first-order valence-electron chi connectivity index (χ1n) is 8.27. The summed E-state index contributed by atoms with van der Waals surface area (Å²) < 4.78 is 43.3. The van der Waals surface area contributed by atoms with Crippen molar-refractivity contribution in [2.75, 3.05) is 5.32 Å². The lowest BCUT2D eigenvalue weighted by Crippen LogP contribution is -2.17. The topological polar surface area (TPSA) is 75.1 Å². The lowest BCUT2D eigenvalue weighted by molar-refractivity contribution is 0.0778. The smallest absolute Gasteiger partial charge is 0.274 e. The van der Waals surface area contributed by atoms with E-state index in [2.05, 4.69) is 15.3 Å². The maximum Gasteiger partial charge on any atom is 0.274 e. The van der Waals surface area contributed by atoms with Gasteiger partial charge >= 0.3 is 0 Å². The Morgan fingerprint density at radius 3 is 2.32 bits per heavy atom. The number of hydrogen-bond acceptors (Lipinski definition) is 4. The molecule has 144 valence electrons. The summed E-state index contributed by atoms with van der Waals surface area (Å²) in [6, 6.07) is 7.01. The summed E-state index contributed by atoms with van der Waals surface area (Å²) in [5, 5.41) is 12.4. The molecule has 2 aromatic heterocycles. The highest BCUT2D eigenvalue weighted by Gasteiger charge is 2.24. The van der Waals surface area contributed by atoms with Gasteiger partial charge in [-0.1, -0.05) is 0 Å². The normalized spacial score (nSPS) is 11.4. The quantitative estimate of drug-likeness (QED) is 0.709. The monoisotopic (exact) mass is 387 g/mol. The van der Waals surface area contributed by atoms with Crippen molar-refractivity contribution >= 4 is 11.6 Å². The minimum absolute atomic E-state index is 0.0165. The minimum Gasteiger partial charge on any atom is -0.386 e. The van der Waals surface area contributed by atoms with Crippen LogP contribution in [-0.4, -0.2) is 21.0 Å². The van der Waals surface area contributed by atoms with Gasteiger partial charge in [0.05, 0.1) is 23.0 Å².